The zero-order valence-electron chi connectivity index (χ0n) is 9.87. The summed E-state index contributed by atoms with van der Waals surface area (Å²) in [6, 6.07) is 0.409. The first-order valence-corrected chi connectivity index (χ1v) is 6.29. The minimum atomic E-state index is -0.118. The molecular formula is C12H20N2O2. The van der Waals surface area contributed by atoms with E-state index in [0.29, 0.717) is 25.6 Å². The van der Waals surface area contributed by atoms with Crippen molar-refractivity contribution in [2.24, 2.45) is 5.92 Å². The highest BCUT2D eigenvalue weighted by Gasteiger charge is 2.38. The van der Waals surface area contributed by atoms with Gasteiger partial charge in [0.2, 0.25) is 11.8 Å². The van der Waals surface area contributed by atoms with Gasteiger partial charge in [0.15, 0.2) is 0 Å². The molecule has 2 fully saturated rings. The Hall–Kier alpha value is -1.06. The lowest BCUT2D eigenvalue weighted by molar-refractivity contribution is -0.130. The smallest absolute Gasteiger partial charge is 0.225 e. The van der Waals surface area contributed by atoms with Gasteiger partial charge in [0.1, 0.15) is 0 Å². The SMILES string of the molecule is CCNC(=O)[C@@H]1CC(=O)N(C2CCCC2)C1. The van der Waals surface area contributed by atoms with Crippen LogP contribution >= 0.6 is 0 Å². The fourth-order valence-electron chi connectivity index (χ4n) is 2.79. The highest BCUT2D eigenvalue weighted by Crippen LogP contribution is 2.29. The van der Waals surface area contributed by atoms with Crippen LogP contribution in [0, 0.1) is 5.92 Å². The zero-order chi connectivity index (χ0) is 11.5. The molecule has 2 aliphatic rings. The molecule has 1 saturated carbocycles. The van der Waals surface area contributed by atoms with Crippen molar-refractivity contribution in [3.05, 3.63) is 0 Å². The Morgan fingerprint density at radius 3 is 2.75 bits per heavy atom. The molecule has 0 aromatic carbocycles. The highest BCUT2D eigenvalue weighted by atomic mass is 16.2. The lowest BCUT2D eigenvalue weighted by Crippen LogP contribution is -2.36. The Morgan fingerprint density at radius 1 is 1.44 bits per heavy atom. The first-order valence-electron chi connectivity index (χ1n) is 6.29. The van der Waals surface area contributed by atoms with Gasteiger partial charge in [0, 0.05) is 25.6 Å². The van der Waals surface area contributed by atoms with E-state index >= 15 is 0 Å². The molecule has 0 aromatic heterocycles. The van der Waals surface area contributed by atoms with Gasteiger partial charge >= 0.3 is 0 Å². The van der Waals surface area contributed by atoms with Gasteiger partial charge < -0.3 is 10.2 Å². The van der Waals surface area contributed by atoms with Crippen LogP contribution in [0.1, 0.15) is 39.0 Å². The van der Waals surface area contributed by atoms with Crippen LogP contribution in [0.15, 0.2) is 0 Å². The van der Waals surface area contributed by atoms with Crippen molar-refractivity contribution in [2.75, 3.05) is 13.1 Å². The van der Waals surface area contributed by atoms with E-state index < -0.39 is 0 Å². The fraction of sp³-hybridized carbons (Fsp3) is 0.833. The molecule has 4 heteroatoms. The van der Waals surface area contributed by atoms with Gasteiger partial charge in [-0.1, -0.05) is 12.8 Å². The van der Waals surface area contributed by atoms with Crippen LogP contribution < -0.4 is 5.32 Å². The first kappa shape index (κ1) is 11.4. The topological polar surface area (TPSA) is 49.4 Å². The number of hydrogen-bond donors (Lipinski definition) is 1. The number of amides is 2. The molecule has 1 N–H and O–H groups in total. The third-order valence-electron chi connectivity index (χ3n) is 3.65. The molecule has 0 bridgehead atoms. The molecule has 0 unspecified atom stereocenters. The van der Waals surface area contributed by atoms with Crippen LogP contribution in [0.5, 0.6) is 0 Å². The number of carbonyl (C=O) groups excluding carboxylic acids is 2. The predicted octanol–water partition coefficient (Wildman–Crippen LogP) is 0.914. The second-order valence-corrected chi connectivity index (χ2v) is 4.78. The summed E-state index contributed by atoms with van der Waals surface area (Å²) in [7, 11) is 0. The summed E-state index contributed by atoms with van der Waals surface area (Å²) in [5.74, 6) is 0.0903. The minimum absolute atomic E-state index is 0.0383. The van der Waals surface area contributed by atoms with E-state index in [1.165, 1.54) is 12.8 Å². The molecular weight excluding hydrogens is 204 g/mol. The van der Waals surface area contributed by atoms with E-state index in [-0.39, 0.29) is 17.7 Å². The molecule has 1 saturated heterocycles. The van der Waals surface area contributed by atoms with Crippen molar-refractivity contribution in [1.29, 1.82) is 0 Å². The summed E-state index contributed by atoms with van der Waals surface area (Å²) in [5.41, 5.74) is 0. The van der Waals surface area contributed by atoms with Crippen molar-refractivity contribution in [1.82, 2.24) is 10.2 Å². The monoisotopic (exact) mass is 224 g/mol. The molecule has 0 aromatic rings. The second-order valence-electron chi connectivity index (χ2n) is 4.78. The molecule has 0 radical (unpaired) electrons. The molecule has 16 heavy (non-hydrogen) atoms. The van der Waals surface area contributed by atoms with Gasteiger partial charge in [-0.2, -0.15) is 0 Å². The lowest BCUT2D eigenvalue weighted by atomic mass is 10.1. The Balaban J connectivity index is 1.93. The maximum Gasteiger partial charge on any atom is 0.225 e. The molecule has 1 atom stereocenters. The molecule has 2 rings (SSSR count). The number of nitrogens with zero attached hydrogens (tertiary/aromatic N) is 1. The van der Waals surface area contributed by atoms with Crippen molar-refractivity contribution in [3.63, 3.8) is 0 Å². The summed E-state index contributed by atoms with van der Waals surface area (Å²) in [6.45, 7) is 3.19. The van der Waals surface area contributed by atoms with E-state index in [0.717, 1.165) is 12.8 Å². The Kier molecular flexibility index (Phi) is 3.46. The third kappa shape index (κ3) is 2.20. The normalized spacial score (nSPS) is 26.4. The lowest BCUT2D eigenvalue weighted by Gasteiger charge is -2.23. The van der Waals surface area contributed by atoms with Gasteiger partial charge in [0.25, 0.3) is 0 Å². The minimum Gasteiger partial charge on any atom is -0.356 e. The third-order valence-corrected chi connectivity index (χ3v) is 3.65. The van der Waals surface area contributed by atoms with E-state index in [9.17, 15) is 9.59 Å². The molecule has 1 aliphatic heterocycles. The Bertz CT molecular complexity index is 285. The maximum atomic E-state index is 11.8. The molecule has 90 valence electrons. The van der Waals surface area contributed by atoms with Gasteiger partial charge in [0.05, 0.1) is 5.92 Å². The van der Waals surface area contributed by atoms with E-state index in [4.69, 9.17) is 0 Å². The average molecular weight is 224 g/mol. The van der Waals surface area contributed by atoms with Crippen LogP contribution in [0.3, 0.4) is 0 Å². The Morgan fingerprint density at radius 2 is 2.12 bits per heavy atom. The van der Waals surface area contributed by atoms with Crippen molar-refractivity contribution < 1.29 is 9.59 Å². The number of carbonyl (C=O) groups is 2. The van der Waals surface area contributed by atoms with Crippen LogP contribution in [-0.4, -0.2) is 35.8 Å². The molecule has 2 amide bonds. The number of nitrogens with one attached hydrogen (secondary N) is 1. The van der Waals surface area contributed by atoms with Crippen LogP contribution in [0.2, 0.25) is 0 Å². The first-order chi connectivity index (χ1) is 7.72. The molecule has 1 heterocycles. The molecule has 4 nitrogen and oxygen atoms in total. The Labute approximate surface area is 96.4 Å². The van der Waals surface area contributed by atoms with Gasteiger partial charge in [-0.15, -0.1) is 0 Å². The number of likely N-dealkylation sites (tertiary alicyclic amines) is 1. The summed E-state index contributed by atoms with van der Waals surface area (Å²) in [4.78, 5) is 25.4. The van der Waals surface area contributed by atoms with E-state index in [1.807, 2.05) is 11.8 Å². The predicted molar refractivity (Wildman–Crippen MR) is 60.8 cm³/mol. The zero-order valence-corrected chi connectivity index (χ0v) is 9.87. The van der Waals surface area contributed by atoms with Crippen molar-refractivity contribution in [3.8, 4) is 0 Å². The average Bonchev–Trinajstić information content (AvgIpc) is 2.86. The second kappa shape index (κ2) is 4.85. The fourth-order valence-corrected chi connectivity index (χ4v) is 2.79. The van der Waals surface area contributed by atoms with Crippen molar-refractivity contribution >= 4 is 11.8 Å². The summed E-state index contributed by atoms with van der Waals surface area (Å²) in [5, 5.41) is 2.80. The number of hydrogen-bond acceptors (Lipinski definition) is 2. The number of rotatable bonds is 3. The summed E-state index contributed by atoms with van der Waals surface area (Å²) < 4.78 is 0. The van der Waals surface area contributed by atoms with Gasteiger partial charge in [-0.25, -0.2) is 0 Å². The quantitative estimate of drug-likeness (QED) is 0.774. The molecule has 1 aliphatic carbocycles. The van der Waals surface area contributed by atoms with Gasteiger partial charge in [-0.05, 0) is 19.8 Å². The van der Waals surface area contributed by atoms with Crippen LogP contribution in [0.25, 0.3) is 0 Å². The largest absolute Gasteiger partial charge is 0.356 e. The van der Waals surface area contributed by atoms with Crippen molar-refractivity contribution in [2.45, 2.75) is 45.1 Å². The molecule has 0 spiro atoms. The maximum absolute atomic E-state index is 11.8. The van der Waals surface area contributed by atoms with Crippen LogP contribution in [0.4, 0.5) is 0 Å². The van der Waals surface area contributed by atoms with Crippen LogP contribution in [-0.2, 0) is 9.59 Å². The summed E-state index contributed by atoms with van der Waals surface area (Å²) in [6.07, 6.45) is 5.09. The van der Waals surface area contributed by atoms with E-state index in [1.54, 1.807) is 0 Å². The highest BCUT2D eigenvalue weighted by molar-refractivity contribution is 5.89. The standard InChI is InChI=1S/C12H20N2O2/c1-2-13-12(16)9-7-11(15)14(8-9)10-5-3-4-6-10/h9-10H,2-8H2,1H3,(H,13,16)/t9-/m1/s1. The van der Waals surface area contributed by atoms with Gasteiger partial charge in [-0.3, -0.25) is 9.59 Å². The van der Waals surface area contributed by atoms with E-state index in [2.05, 4.69) is 5.32 Å². The summed E-state index contributed by atoms with van der Waals surface area (Å²) >= 11 is 0.